The maximum atomic E-state index is 5.63. The molecule has 1 aromatic heterocycles. The lowest BCUT2D eigenvalue weighted by atomic mass is 10.3. The second kappa shape index (κ2) is 6.09. The van der Waals surface area contributed by atoms with E-state index in [1.807, 2.05) is 0 Å². The lowest BCUT2D eigenvalue weighted by Gasteiger charge is -2.27. The summed E-state index contributed by atoms with van der Waals surface area (Å²) in [6.45, 7) is 6.41. The van der Waals surface area contributed by atoms with Crippen molar-refractivity contribution in [3.05, 3.63) is 11.7 Å². The lowest BCUT2D eigenvalue weighted by Crippen LogP contribution is -2.35. The van der Waals surface area contributed by atoms with E-state index in [9.17, 15) is 0 Å². The molecule has 1 unspecified atom stereocenters. The SMILES string of the molecule is CCNCCc1nc(C2CN(C)CCO2)no1. The predicted octanol–water partition coefficient (Wildman–Crippen LogP) is 0.225. The van der Waals surface area contributed by atoms with Crippen LogP contribution in [0.2, 0.25) is 0 Å². The fourth-order valence-corrected chi connectivity index (χ4v) is 1.81. The third-order valence-electron chi connectivity index (χ3n) is 2.81. The van der Waals surface area contributed by atoms with Crippen LogP contribution in [0, 0.1) is 0 Å². The summed E-state index contributed by atoms with van der Waals surface area (Å²) in [6.07, 6.45) is 0.717. The first-order valence-electron chi connectivity index (χ1n) is 6.13. The molecule has 6 heteroatoms. The van der Waals surface area contributed by atoms with E-state index in [4.69, 9.17) is 9.26 Å². The van der Waals surface area contributed by atoms with Crippen LogP contribution in [0.5, 0.6) is 0 Å². The zero-order chi connectivity index (χ0) is 12.1. The Balaban J connectivity index is 1.88. The number of nitrogens with zero attached hydrogens (tertiary/aromatic N) is 3. The van der Waals surface area contributed by atoms with Crippen LogP contribution in [-0.2, 0) is 11.2 Å². The first-order chi connectivity index (χ1) is 8.29. The van der Waals surface area contributed by atoms with Gasteiger partial charge in [0, 0.05) is 26.1 Å². The highest BCUT2D eigenvalue weighted by molar-refractivity contribution is 4.94. The second-order valence-electron chi connectivity index (χ2n) is 4.27. The largest absolute Gasteiger partial charge is 0.367 e. The molecule has 0 aromatic carbocycles. The van der Waals surface area contributed by atoms with E-state index in [0.29, 0.717) is 11.7 Å². The number of hydrogen-bond acceptors (Lipinski definition) is 6. The van der Waals surface area contributed by atoms with Crippen molar-refractivity contribution in [1.82, 2.24) is 20.4 Å². The van der Waals surface area contributed by atoms with Gasteiger partial charge in [-0.3, -0.25) is 0 Å². The van der Waals surface area contributed by atoms with Gasteiger partial charge in [0.15, 0.2) is 0 Å². The van der Waals surface area contributed by atoms with Gasteiger partial charge in [-0.2, -0.15) is 4.98 Å². The first-order valence-corrected chi connectivity index (χ1v) is 6.13. The minimum Gasteiger partial charge on any atom is -0.367 e. The van der Waals surface area contributed by atoms with E-state index in [2.05, 4.69) is 34.3 Å². The second-order valence-corrected chi connectivity index (χ2v) is 4.27. The molecule has 2 heterocycles. The summed E-state index contributed by atoms with van der Waals surface area (Å²) in [5.74, 6) is 1.35. The Labute approximate surface area is 101 Å². The minimum atomic E-state index is -0.0506. The molecule has 1 aliphatic rings. The highest BCUT2D eigenvalue weighted by Gasteiger charge is 2.24. The van der Waals surface area contributed by atoms with Crippen LogP contribution in [0.1, 0.15) is 24.7 Å². The molecule has 1 aliphatic heterocycles. The third kappa shape index (κ3) is 3.49. The minimum absolute atomic E-state index is 0.0506. The molecule has 1 aromatic rings. The number of likely N-dealkylation sites (N-methyl/N-ethyl adjacent to an activating group) is 2. The van der Waals surface area contributed by atoms with Crippen molar-refractivity contribution in [2.45, 2.75) is 19.4 Å². The Kier molecular flexibility index (Phi) is 4.47. The van der Waals surface area contributed by atoms with Crippen molar-refractivity contribution >= 4 is 0 Å². The normalized spacial score (nSPS) is 21.9. The maximum absolute atomic E-state index is 5.63. The molecule has 17 heavy (non-hydrogen) atoms. The van der Waals surface area contributed by atoms with E-state index >= 15 is 0 Å². The van der Waals surface area contributed by atoms with Crippen LogP contribution >= 0.6 is 0 Å². The maximum Gasteiger partial charge on any atom is 0.228 e. The van der Waals surface area contributed by atoms with Crippen molar-refractivity contribution < 1.29 is 9.26 Å². The van der Waals surface area contributed by atoms with Gasteiger partial charge < -0.3 is 19.5 Å². The van der Waals surface area contributed by atoms with Crippen molar-refractivity contribution in [2.75, 3.05) is 39.8 Å². The highest BCUT2D eigenvalue weighted by atomic mass is 16.5. The van der Waals surface area contributed by atoms with Crippen molar-refractivity contribution in [3.8, 4) is 0 Å². The number of aromatic nitrogens is 2. The standard InChI is InChI=1S/C11H20N4O2/c1-3-12-5-4-10-13-11(14-17-10)9-8-15(2)6-7-16-9/h9,12H,3-8H2,1-2H3. The molecular weight excluding hydrogens is 220 g/mol. The number of nitrogens with one attached hydrogen (secondary N) is 1. The van der Waals surface area contributed by atoms with Gasteiger partial charge in [0.2, 0.25) is 11.7 Å². The van der Waals surface area contributed by atoms with E-state index in [1.54, 1.807) is 0 Å². The van der Waals surface area contributed by atoms with Gasteiger partial charge in [0.25, 0.3) is 0 Å². The monoisotopic (exact) mass is 240 g/mol. The van der Waals surface area contributed by atoms with E-state index in [0.717, 1.165) is 39.2 Å². The van der Waals surface area contributed by atoms with Crippen LogP contribution in [0.15, 0.2) is 4.52 Å². The molecule has 1 fully saturated rings. The molecule has 2 rings (SSSR count). The topological polar surface area (TPSA) is 63.4 Å². The fraction of sp³-hybridized carbons (Fsp3) is 0.818. The molecular formula is C11H20N4O2. The predicted molar refractivity (Wildman–Crippen MR) is 62.7 cm³/mol. The van der Waals surface area contributed by atoms with Crippen LogP contribution in [-0.4, -0.2) is 54.9 Å². The molecule has 0 spiro atoms. The van der Waals surface area contributed by atoms with Gasteiger partial charge in [-0.05, 0) is 13.6 Å². The summed E-state index contributed by atoms with van der Waals surface area (Å²) in [7, 11) is 2.07. The van der Waals surface area contributed by atoms with E-state index < -0.39 is 0 Å². The van der Waals surface area contributed by atoms with E-state index in [1.165, 1.54) is 0 Å². The molecule has 0 radical (unpaired) electrons. The van der Waals surface area contributed by atoms with Gasteiger partial charge in [-0.1, -0.05) is 12.1 Å². The molecule has 1 saturated heterocycles. The number of ether oxygens (including phenoxy) is 1. The van der Waals surface area contributed by atoms with Gasteiger partial charge in [0.1, 0.15) is 6.10 Å². The van der Waals surface area contributed by atoms with Crippen LogP contribution in [0.25, 0.3) is 0 Å². The van der Waals surface area contributed by atoms with Crippen molar-refractivity contribution in [3.63, 3.8) is 0 Å². The Hall–Kier alpha value is -0.980. The number of morpholine rings is 1. The average molecular weight is 240 g/mol. The summed E-state index contributed by atoms with van der Waals surface area (Å²) in [5, 5.41) is 7.21. The van der Waals surface area contributed by atoms with Crippen molar-refractivity contribution in [1.29, 1.82) is 0 Å². The zero-order valence-corrected chi connectivity index (χ0v) is 10.5. The summed E-state index contributed by atoms with van der Waals surface area (Å²) in [5.41, 5.74) is 0. The summed E-state index contributed by atoms with van der Waals surface area (Å²) < 4.78 is 10.8. The van der Waals surface area contributed by atoms with Crippen LogP contribution in [0.3, 0.4) is 0 Å². The Bertz CT molecular complexity index is 342. The fourth-order valence-electron chi connectivity index (χ4n) is 1.81. The first kappa shape index (κ1) is 12.5. The Morgan fingerprint density at radius 3 is 3.18 bits per heavy atom. The van der Waals surface area contributed by atoms with Gasteiger partial charge in [0.05, 0.1) is 6.61 Å². The van der Waals surface area contributed by atoms with Crippen LogP contribution < -0.4 is 5.32 Å². The Morgan fingerprint density at radius 2 is 2.41 bits per heavy atom. The molecule has 0 aliphatic carbocycles. The quantitative estimate of drug-likeness (QED) is 0.743. The van der Waals surface area contributed by atoms with E-state index in [-0.39, 0.29) is 6.10 Å². The molecule has 0 bridgehead atoms. The lowest BCUT2D eigenvalue weighted by molar-refractivity contribution is -0.0264. The van der Waals surface area contributed by atoms with Gasteiger partial charge in [-0.25, -0.2) is 0 Å². The summed E-state index contributed by atoms with van der Waals surface area (Å²) in [6, 6.07) is 0. The smallest absolute Gasteiger partial charge is 0.228 e. The molecule has 6 nitrogen and oxygen atoms in total. The van der Waals surface area contributed by atoms with Gasteiger partial charge in [-0.15, -0.1) is 0 Å². The molecule has 0 saturated carbocycles. The van der Waals surface area contributed by atoms with Crippen molar-refractivity contribution in [2.24, 2.45) is 0 Å². The number of hydrogen-bond donors (Lipinski definition) is 1. The average Bonchev–Trinajstić information content (AvgIpc) is 2.78. The molecule has 1 atom stereocenters. The highest BCUT2D eigenvalue weighted by Crippen LogP contribution is 2.18. The molecule has 96 valence electrons. The van der Waals surface area contributed by atoms with Crippen LogP contribution in [0.4, 0.5) is 0 Å². The molecule has 0 amide bonds. The summed E-state index contributed by atoms with van der Waals surface area (Å²) in [4.78, 5) is 6.58. The molecule has 1 N–H and O–H groups in total. The Morgan fingerprint density at radius 1 is 1.53 bits per heavy atom. The number of rotatable bonds is 5. The third-order valence-corrected chi connectivity index (χ3v) is 2.81. The zero-order valence-electron chi connectivity index (χ0n) is 10.5. The van der Waals surface area contributed by atoms with Gasteiger partial charge >= 0.3 is 0 Å². The summed E-state index contributed by atoms with van der Waals surface area (Å²) >= 11 is 0.